The van der Waals surface area contributed by atoms with Crippen molar-refractivity contribution < 1.29 is 14.0 Å². The Bertz CT molecular complexity index is 3180. The summed E-state index contributed by atoms with van der Waals surface area (Å²) in [6.07, 6.45) is 7.88. The third-order valence-corrected chi connectivity index (χ3v) is 17.5. The summed E-state index contributed by atoms with van der Waals surface area (Å²) >= 11 is 0. The van der Waals surface area contributed by atoms with Crippen LogP contribution >= 0.6 is 0 Å². The van der Waals surface area contributed by atoms with Crippen molar-refractivity contribution in [2.75, 3.05) is 0 Å². The van der Waals surface area contributed by atoms with E-state index >= 15 is 9.59 Å². The zero-order valence-electron chi connectivity index (χ0n) is 35.8. The Morgan fingerprint density at radius 2 is 1.12 bits per heavy atom. The molecule has 0 spiro atoms. The molecule has 5 aromatic carbocycles. The van der Waals surface area contributed by atoms with Crippen LogP contribution in [0.25, 0.3) is 70.8 Å². The molecule has 4 nitrogen and oxygen atoms in total. The lowest BCUT2D eigenvalue weighted by atomic mass is 9.60. The number of hydrogen-bond donors (Lipinski definition) is 0. The van der Waals surface area contributed by atoms with Crippen LogP contribution in [0.15, 0.2) is 65.1 Å². The van der Waals surface area contributed by atoms with Gasteiger partial charge in [-0.25, -0.2) is 0 Å². The summed E-state index contributed by atoms with van der Waals surface area (Å²) in [7, 11) is 0. The van der Waals surface area contributed by atoms with Gasteiger partial charge in [0.25, 0.3) is 0 Å². The molecule has 0 atom stereocenters. The molecule has 3 heterocycles. The summed E-state index contributed by atoms with van der Waals surface area (Å²) in [5, 5.41) is 9.38. The Labute approximate surface area is 340 Å². The van der Waals surface area contributed by atoms with Crippen molar-refractivity contribution in [1.29, 1.82) is 0 Å². The molecule has 4 heteroatoms. The smallest absolute Gasteiger partial charge is 0.169 e. The number of aromatic nitrogens is 1. The molecule has 4 bridgehead atoms. The van der Waals surface area contributed by atoms with E-state index in [4.69, 9.17) is 4.42 Å². The van der Waals surface area contributed by atoms with Crippen LogP contribution in [0.3, 0.4) is 0 Å². The quantitative estimate of drug-likeness (QED) is 0.130. The summed E-state index contributed by atoms with van der Waals surface area (Å²) in [5.41, 5.74) is 9.79. The highest BCUT2D eigenvalue weighted by atomic mass is 16.3. The number of nitrogens with zero attached hydrogens (tertiary/aromatic N) is 1. The van der Waals surface area contributed by atoms with E-state index in [0.717, 1.165) is 101 Å². The van der Waals surface area contributed by atoms with Crippen LogP contribution in [0, 0.1) is 22.7 Å². The molecule has 294 valence electrons. The van der Waals surface area contributed by atoms with Gasteiger partial charge in [0, 0.05) is 54.3 Å². The second-order valence-electron chi connectivity index (χ2n) is 21.8. The Kier molecular flexibility index (Phi) is 6.52. The van der Waals surface area contributed by atoms with Crippen molar-refractivity contribution in [3.05, 3.63) is 88.5 Å². The average Bonchev–Trinajstić information content (AvgIpc) is 3.58. The van der Waals surface area contributed by atoms with Crippen molar-refractivity contribution in [1.82, 2.24) is 4.40 Å². The second-order valence-corrected chi connectivity index (χ2v) is 21.8. The Balaban J connectivity index is 1.29. The average molecular weight is 766 g/mol. The number of fused-ring (bicyclic) bond motifs is 13. The van der Waals surface area contributed by atoms with Crippen molar-refractivity contribution in [2.24, 2.45) is 22.7 Å². The first-order chi connectivity index (χ1) is 27.5. The number of benzene rings is 5. The van der Waals surface area contributed by atoms with Crippen LogP contribution in [0.4, 0.5) is 0 Å². The summed E-state index contributed by atoms with van der Waals surface area (Å²) in [5.74, 6) is 1.21. The van der Waals surface area contributed by atoms with E-state index in [1.807, 2.05) is 0 Å². The highest BCUT2D eigenvalue weighted by Gasteiger charge is 2.54. The van der Waals surface area contributed by atoms with E-state index in [1.165, 1.54) is 49.1 Å². The van der Waals surface area contributed by atoms with Crippen LogP contribution in [0.1, 0.15) is 151 Å². The molecule has 6 aliphatic carbocycles. The van der Waals surface area contributed by atoms with Gasteiger partial charge in [-0.1, -0.05) is 86.6 Å². The fourth-order valence-corrected chi connectivity index (χ4v) is 13.3. The molecule has 2 saturated carbocycles. The van der Waals surface area contributed by atoms with Crippen LogP contribution < -0.4 is 0 Å². The molecule has 0 aliphatic heterocycles. The van der Waals surface area contributed by atoms with E-state index < -0.39 is 0 Å². The predicted octanol–water partition coefficient (Wildman–Crippen LogP) is 14.5. The first-order valence-electron chi connectivity index (χ1n) is 22.2. The van der Waals surface area contributed by atoms with E-state index in [2.05, 4.69) is 127 Å². The fourth-order valence-electron chi connectivity index (χ4n) is 13.3. The summed E-state index contributed by atoms with van der Waals surface area (Å²) in [4.78, 5) is 30.2. The van der Waals surface area contributed by atoms with Gasteiger partial charge < -0.3 is 8.82 Å². The number of Topliss-reactive ketones (excluding diaryl/α,β-unsaturated/α-hetero) is 2. The first kappa shape index (κ1) is 35.3. The van der Waals surface area contributed by atoms with Gasteiger partial charge >= 0.3 is 0 Å². The topological polar surface area (TPSA) is 51.7 Å². The third-order valence-electron chi connectivity index (χ3n) is 17.5. The number of hydrogen-bond acceptors (Lipinski definition) is 3. The van der Waals surface area contributed by atoms with Gasteiger partial charge in [-0.2, -0.15) is 0 Å². The predicted molar refractivity (Wildman–Crippen MR) is 239 cm³/mol. The van der Waals surface area contributed by atoms with E-state index in [9.17, 15) is 0 Å². The number of carbonyl (C=O) groups excluding carboxylic acids is 2. The molecular formula is C54H55NO3. The maximum Gasteiger partial charge on any atom is 0.169 e. The van der Waals surface area contributed by atoms with Gasteiger partial charge in [0.05, 0.1) is 16.6 Å². The Morgan fingerprint density at radius 3 is 1.67 bits per heavy atom. The molecule has 8 aromatic rings. The lowest BCUT2D eigenvalue weighted by Crippen LogP contribution is -2.39. The Hall–Kier alpha value is -4.70. The van der Waals surface area contributed by atoms with E-state index in [0.29, 0.717) is 11.6 Å². The fraction of sp³-hybridized carbons (Fsp3) is 0.444. The van der Waals surface area contributed by atoms with E-state index in [1.54, 1.807) is 0 Å². The molecule has 14 rings (SSSR count). The highest BCUT2D eigenvalue weighted by Crippen LogP contribution is 2.60. The molecule has 2 fully saturated rings. The van der Waals surface area contributed by atoms with Crippen LogP contribution in [-0.2, 0) is 16.2 Å². The Morgan fingerprint density at radius 1 is 0.586 bits per heavy atom. The van der Waals surface area contributed by atoms with Crippen molar-refractivity contribution in [3.63, 3.8) is 0 Å². The zero-order valence-corrected chi connectivity index (χ0v) is 35.8. The van der Waals surface area contributed by atoms with Crippen LogP contribution in [-0.4, -0.2) is 16.0 Å². The molecular weight excluding hydrogens is 711 g/mol. The minimum Gasteiger partial charge on any atom is -0.456 e. The lowest BCUT2D eigenvalue weighted by Gasteiger charge is -2.42. The molecule has 6 aliphatic rings. The molecule has 3 aromatic heterocycles. The minimum absolute atomic E-state index is 0.0355. The largest absolute Gasteiger partial charge is 0.456 e. The van der Waals surface area contributed by atoms with Crippen molar-refractivity contribution in [2.45, 2.75) is 130 Å². The first-order valence-corrected chi connectivity index (χ1v) is 22.2. The summed E-state index contributed by atoms with van der Waals surface area (Å²) in [6.45, 7) is 20.6. The van der Waals surface area contributed by atoms with Crippen molar-refractivity contribution in [3.8, 4) is 0 Å². The normalized spacial score (nSPS) is 27.5. The van der Waals surface area contributed by atoms with Gasteiger partial charge in [-0.3, -0.25) is 9.59 Å². The molecule has 0 unspecified atom stereocenters. The maximum absolute atomic E-state index is 15.1. The highest BCUT2D eigenvalue weighted by molar-refractivity contribution is 6.36. The maximum atomic E-state index is 15.1. The van der Waals surface area contributed by atoms with Gasteiger partial charge in [0.15, 0.2) is 11.6 Å². The standard InChI is InChI=1S/C54H55NO3/c1-28(2)53-17-13-51(8,14-18-53)38-23-33-34-27-43-45(32-12-10-11-30-21-31(50(5,6)7)22-42(58-43)44(30)32)46-37-24-39-36(49(57)54(29(3)4)19-15-52(39,9)16-20-54)26-41(37)55(47(34)46)40(33)25-35(38)48(53)56/h10-12,21-29H,13-20H2,1-9H3. The van der Waals surface area contributed by atoms with Gasteiger partial charge in [-0.05, 0) is 143 Å². The molecule has 58 heavy (non-hydrogen) atoms. The third kappa shape index (κ3) is 4.04. The molecule has 0 N–H and O–H groups in total. The molecule has 0 saturated heterocycles. The van der Waals surface area contributed by atoms with Gasteiger partial charge in [0.2, 0.25) is 0 Å². The van der Waals surface area contributed by atoms with Gasteiger partial charge in [0.1, 0.15) is 11.2 Å². The zero-order chi connectivity index (χ0) is 40.2. The number of carbonyl (C=O) groups is 2. The second kappa shape index (κ2) is 10.7. The lowest BCUT2D eigenvalue weighted by molar-refractivity contribution is 0.0537. The van der Waals surface area contributed by atoms with Crippen LogP contribution in [0.5, 0.6) is 0 Å². The monoisotopic (exact) mass is 765 g/mol. The minimum atomic E-state index is -0.333. The summed E-state index contributed by atoms with van der Waals surface area (Å²) < 4.78 is 9.64. The summed E-state index contributed by atoms with van der Waals surface area (Å²) in [6, 6.07) is 23.0. The SMILES string of the molecule is CC(C)C12CCC(C)(CC1)c1cc3c4cc5oc6cc(C(C)(C)C)cc7cccc(c76)c5c5c6cc7c(cc6n(c3cc1C2=O)c45)C(=O)C1(C(C)C)CCC7(C)CC1. The van der Waals surface area contributed by atoms with Crippen LogP contribution in [0.2, 0.25) is 0 Å². The number of rotatable bonds is 2. The van der Waals surface area contributed by atoms with Crippen molar-refractivity contribution >= 4 is 82.4 Å². The van der Waals surface area contributed by atoms with E-state index in [-0.39, 0.29) is 38.9 Å². The number of ketones is 2. The molecule has 0 radical (unpaired) electrons. The molecule has 0 amide bonds. The van der Waals surface area contributed by atoms with Gasteiger partial charge in [-0.15, -0.1) is 0 Å².